The van der Waals surface area contributed by atoms with Crippen molar-refractivity contribution in [3.05, 3.63) is 42.1 Å². The summed E-state index contributed by atoms with van der Waals surface area (Å²) in [4.78, 5) is 4.25. The Balaban J connectivity index is 1.32. The fourth-order valence-electron chi connectivity index (χ4n) is 7.27. The standard InChI is InChI=1S/C22H25FN2O2/c23-16-3-1-2-15-18-10-24-11-25(18)17(21(15)16)6-19(26)20-13-4-12-5-14(20)9-22(27,7-12)8-13/h1-3,10-14,17,19-20,26-27H,4-9H2. The number of imidazole rings is 1. The largest absolute Gasteiger partial charge is 0.393 e. The van der Waals surface area contributed by atoms with Gasteiger partial charge in [-0.1, -0.05) is 12.1 Å². The van der Waals surface area contributed by atoms with E-state index in [0.29, 0.717) is 29.7 Å². The van der Waals surface area contributed by atoms with Crippen LogP contribution in [-0.2, 0) is 0 Å². The van der Waals surface area contributed by atoms with Gasteiger partial charge in [0, 0.05) is 11.1 Å². The molecule has 4 fully saturated rings. The highest BCUT2D eigenvalue weighted by Crippen LogP contribution is 2.59. The van der Waals surface area contributed by atoms with Crippen molar-refractivity contribution in [1.82, 2.24) is 9.55 Å². The van der Waals surface area contributed by atoms with Gasteiger partial charge in [-0.15, -0.1) is 0 Å². The molecule has 5 heteroatoms. The second-order valence-corrected chi connectivity index (χ2v) is 9.48. The van der Waals surface area contributed by atoms with Crippen LogP contribution in [0.4, 0.5) is 4.39 Å². The number of hydrogen-bond donors (Lipinski definition) is 2. The number of hydrogen-bond acceptors (Lipinski definition) is 3. The molecule has 2 heterocycles. The van der Waals surface area contributed by atoms with E-state index in [0.717, 1.165) is 43.4 Å². The maximum absolute atomic E-state index is 14.7. The highest BCUT2D eigenvalue weighted by Gasteiger charge is 2.56. The molecule has 4 atom stereocenters. The van der Waals surface area contributed by atoms with E-state index in [-0.39, 0.29) is 17.8 Å². The summed E-state index contributed by atoms with van der Waals surface area (Å²) in [5.74, 6) is 1.46. The summed E-state index contributed by atoms with van der Waals surface area (Å²) in [5.41, 5.74) is 2.03. The van der Waals surface area contributed by atoms with Crippen LogP contribution in [0.25, 0.3) is 11.3 Å². The Morgan fingerprint density at radius 1 is 1.22 bits per heavy atom. The molecular weight excluding hydrogens is 343 g/mol. The Labute approximate surface area is 158 Å². The smallest absolute Gasteiger partial charge is 0.129 e. The molecular formula is C22H25FN2O2. The van der Waals surface area contributed by atoms with Crippen molar-refractivity contribution >= 4 is 0 Å². The maximum atomic E-state index is 14.7. The number of halogens is 1. The summed E-state index contributed by atoms with van der Waals surface area (Å²) >= 11 is 0. The molecule has 1 aromatic heterocycles. The third kappa shape index (κ3) is 2.24. The monoisotopic (exact) mass is 368 g/mol. The fourth-order valence-corrected chi connectivity index (χ4v) is 7.27. The lowest BCUT2D eigenvalue weighted by molar-refractivity contribution is -0.174. The number of rotatable bonds is 3. The molecule has 4 aliphatic carbocycles. The molecule has 4 nitrogen and oxygen atoms in total. The van der Waals surface area contributed by atoms with Crippen LogP contribution in [0.5, 0.6) is 0 Å². The molecule has 2 N–H and O–H groups in total. The molecule has 4 unspecified atom stereocenters. The van der Waals surface area contributed by atoms with Crippen molar-refractivity contribution in [2.24, 2.45) is 23.7 Å². The number of aliphatic hydroxyl groups is 2. The third-order valence-electron chi connectivity index (χ3n) is 7.89. The zero-order valence-electron chi connectivity index (χ0n) is 15.3. The number of benzene rings is 1. The van der Waals surface area contributed by atoms with Crippen LogP contribution in [0, 0.1) is 29.5 Å². The molecule has 5 aliphatic rings. The lowest BCUT2D eigenvalue weighted by atomic mass is 9.49. The van der Waals surface area contributed by atoms with E-state index in [1.54, 1.807) is 18.6 Å². The highest BCUT2D eigenvalue weighted by molar-refractivity contribution is 5.69. The molecule has 4 saturated carbocycles. The van der Waals surface area contributed by atoms with E-state index < -0.39 is 11.7 Å². The quantitative estimate of drug-likeness (QED) is 0.871. The van der Waals surface area contributed by atoms with E-state index in [2.05, 4.69) is 4.98 Å². The molecule has 0 saturated heterocycles. The minimum atomic E-state index is -0.490. The van der Waals surface area contributed by atoms with Gasteiger partial charge in [0.2, 0.25) is 0 Å². The van der Waals surface area contributed by atoms with E-state index in [9.17, 15) is 14.6 Å². The Kier molecular flexibility index (Phi) is 3.26. The van der Waals surface area contributed by atoms with Gasteiger partial charge in [0.15, 0.2) is 0 Å². The first-order valence-corrected chi connectivity index (χ1v) is 10.2. The van der Waals surface area contributed by atoms with Crippen LogP contribution in [0.3, 0.4) is 0 Å². The van der Waals surface area contributed by atoms with Gasteiger partial charge in [0.05, 0.1) is 36.0 Å². The Morgan fingerprint density at radius 3 is 2.74 bits per heavy atom. The van der Waals surface area contributed by atoms with Crippen LogP contribution in [0.2, 0.25) is 0 Å². The van der Waals surface area contributed by atoms with Gasteiger partial charge in [-0.05, 0) is 68.3 Å². The summed E-state index contributed by atoms with van der Waals surface area (Å²) in [6, 6.07) is 4.99. The minimum Gasteiger partial charge on any atom is -0.393 e. The Hall–Kier alpha value is -1.72. The van der Waals surface area contributed by atoms with Crippen LogP contribution in [0.15, 0.2) is 30.7 Å². The molecule has 1 aliphatic heterocycles. The first-order chi connectivity index (χ1) is 13.0. The summed E-state index contributed by atoms with van der Waals surface area (Å²) < 4.78 is 16.7. The van der Waals surface area contributed by atoms with Gasteiger partial charge in [0.25, 0.3) is 0 Å². The van der Waals surface area contributed by atoms with Gasteiger partial charge in [-0.25, -0.2) is 9.37 Å². The summed E-state index contributed by atoms with van der Waals surface area (Å²) in [6.07, 6.45) is 8.43. The predicted molar refractivity (Wildman–Crippen MR) is 98.4 cm³/mol. The highest BCUT2D eigenvalue weighted by atomic mass is 19.1. The second-order valence-electron chi connectivity index (χ2n) is 9.48. The molecule has 7 rings (SSSR count). The SMILES string of the molecule is OC(CC1c2c(F)cccc2-c2cncn21)C1C2CC3CC1CC(O)(C3)C2. The average Bonchev–Trinajstić information content (AvgIpc) is 3.16. The molecule has 142 valence electrons. The minimum absolute atomic E-state index is 0.200. The van der Waals surface area contributed by atoms with Crippen molar-refractivity contribution < 1.29 is 14.6 Å². The first-order valence-electron chi connectivity index (χ1n) is 10.2. The zero-order valence-corrected chi connectivity index (χ0v) is 15.3. The van der Waals surface area contributed by atoms with Gasteiger partial charge in [-0.3, -0.25) is 0 Å². The molecule has 0 spiro atoms. The molecule has 27 heavy (non-hydrogen) atoms. The van der Waals surface area contributed by atoms with Crippen LogP contribution < -0.4 is 0 Å². The molecule has 2 aromatic rings. The summed E-state index contributed by atoms with van der Waals surface area (Å²) in [6.45, 7) is 0. The van der Waals surface area contributed by atoms with Crippen molar-refractivity contribution in [2.45, 2.75) is 56.3 Å². The summed E-state index contributed by atoms with van der Waals surface area (Å²) in [7, 11) is 0. The van der Waals surface area contributed by atoms with E-state index in [4.69, 9.17) is 0 Å². The summed E-state index contributed by atoms with van der Waals surface area (Å²) in [5, 5.41) is 22.1. The van der Waals surface area contributed by atoms with Crippen molar-refractivity contribution in [2.75, 3.05) is 0 Å². The number of fused-ring (bicyclic) bond motifs is 3. The van der Waals surface area contributed by atoms with Crippen LogP contribution >= 0.6 is 0 Å². The average molecular weight is 368 g/mol. The van der Waals surface area contributed by atoms with Crippen molar-refractivity contribution in [1.29, 1.82) is 0 Å². The van der Waals surface area contributed by atoms with Gasteiger partial charge >= 0.3 is 0 Å². The lowest BCUT2D eigenvalue weighted by Gasteiger charge is -2.59. The first kappa shape index (κ1) is 16.3. The Morgan fingerprint density at radius 2 is 2.00 bits per heavy atom. The fraction of sp³-hybridized carbons (Fsp3) is 0.591. The third-order valence-corrected chi connectivity index (χ3v) is 7.89. The van der Waals surface area contributed by atoms with Crippen LogP contribution in [-0.4, -0.2) is 31.5 Å². The normalized spacial score (nSPS) is 39.4. The van der Waals surface area contributed by atoms with Gasteiger partial charge < -0.3 is 14.8 Å². The molecule has 1 aromatic carbocycles. The van der Waals surface area contributed by atoms with Gasteiger partial charge in [0.1, 0.15) is 5.82 Å². The molecule has 0 amide bonds. The zero-order chi connectivity index (χ0) is 18.3. The lowest BCUT2D eigenvalue weighted by Crippen LogP contribution is -2.57. The number of aliphatic hydroxyl groups excluding tert-OH is 1. The van der Waals surface area contributed by atoms with E-state index in [1.807, 2.05) is 10.6 Å². The van der Waals surface area contributed by atoms with Crippen LogP contribution in [0.1, 0.15) is 50.1 Å². The topological polar surface area (TPSA) is 58.3 Å². The van der Waals surface area contributed by atoms with Crippen molar-refractivity contribution in [3.63, 3.8) is 0 Å². The Bertz CT molecular complexity index is 893. The van der Waals surface area contributed by atoms with Crippen molar-refractivity contribution in [3.8, 4) is 11.3 Å². The number of nitrogens with zero attached hydrogens (tertiary/aromatic N) is 2. The maximum Gasteiger partial charge on any atom is 0.129 e. The molecule has 0 radical (unpaired) electrons. The van der Waals surface area contributed by atoms with E-state index in [1.165, 1.54) is 6.07 Å². The van der Waals surface area contributed by atoms with E-state index >= 15 is 0 Å². The van der Waals surface area contributed by atoms with Gasteiger partial charge in [-0.2, -0.15) is 0 Å². The number of aromatic nitrogens is 2. The predicted octanol–water partition coefficient (Wildman–Crippen LogP) is 3.53. The molecule has 4 bridgehead atoms. The second kappa shape index (κ2) is 5.42.